The monoisotopic (exact) mass is 467 g/mol. The predicted molar refractivity (Wildman–Crippen MR) is 124 cm³/mol. The second-order valence-corrected chi connectivity index (χ2v) is 9.09. The van der Waals surface area contributed by atoms with Crippen LogP contribution in [0.3, 0.4) is 0 Å². The molecule has 0 saturated carbocycles. The number of furan rings is 1. The highest BCUT2D eigenvalue weighted by Crippen LogP contribution is 2.33. The summed E-state index contributed by atoms with van der Waals surface area (Å²) >= 11 is 1.14. The number of rotatable bonds is 7. The molecule has 2 aromatic heterocycles. The highest BCUT2D eigenvalue weighted by Gasteiger charge is 2.34. The zero-order chi connectivity index (χ0) is 23.5. The summed E-state index contributed by atoms with van der Waals surface area (Å²) in [5.74, 6) is 0.189. The topological polar surface area (TPSA) is 102 Å². The van der Waals surface area contributed by atoms with E-state index in [1.807, 2.05) is 31.2 Å². The molecule has 3 aromatic rings. The number of aromatic nitrogens is 1. The van der Waals surface area contributed by atoms with E-state index in [0.29, 0.717) is 46.6 Å². The van der Waals surface area contributed by atoms with Crippen LogP contribution in [-0.4, -0.2) is 47.7 Å². The highest BCUT2D eigenvalue weighted by atomic mass is 32.1. The van der Waals surface area contributed by atoms with Crippen molar-refractivity contribution in [2.75, 3.05) is 25.5 Å². The van der Waals surface area contributed by atoms with E-state index in [4.69, 9.17) is 9.15 Å². The fourth-order valence-corrected chi connectivity index (χ4v) is 4.64. The molecule has 2 heterocycles. The van der Waals surface area contributed by atoms with Gasteiger partial charge in [-0.25, -0.2) is 4.98 Å². The molecule has 2 amide bonds. The third kappa shape index (κ3) is 5.14. The van der Waals surface area contributed by atoms with Gasteiger partial charge in [0.25, 0.3) is 5.91 Å². The lowest BCUT2D eigenvalue weighted by Crippen LogP contribution is -2.39. The molecule has 0 aliphatic heterocycles. The van der Waals surface area contributed by atoms with E-state index in [-0.39, 0.29) is 24.0 Å². The Hall–Kier alpha value is -3.46. The van der Waals surface area contributed by atoms with Crippen LogP contribution in [0.1, 0.15) is 43.5 Å². The molecule has 0 bridgehead atoms. The first-order chi connectivity index (χ1) is 15.8. The van der Waals surface area contributed by atoms with Crippen LogP contribution in [0.15, 0.2) is 41.0 Å². The van der Waals surface area contributed by atoms with Crippen LogP contribution in [0.2, 0.25) is 0 Å². The average molecular weight is 468 g/mol. The first-order valence-corrected chi connectivity index (χ1v) is 11.5. The molecule has 33 heavy (non-hydrogen) atoms. The Morgan fingerprint density at radius 2 is 1.97 bits per heavy atom. The number of fused-ring (bicyclic) bond motifs is 1. The van der Waals surface area contributed by atoms with Crippen molar-refractivity contribution < 1.29 is 23.5 Å². The summed E-state index contributed by atoms with van der Waals surface area (Å²) in [4.78, 5) is 44.5. The minimum atomic E-state index is -0.476. The van der Waals surface area contributed by atoms with Crippen molar-refractivity contribution in [2.45, 2.75) is 26.7 Å². The molecule has 1 aliphatic rings. The number of anilines is 1. The van der Waals surface area contributed by atoms with Crippen molar-refractivity contribution in [2.24, 2.45) is 5.92 Å². The van der Waals surface area contributed by atoms with Crippen LogP contribution in [0.25, 0.3) is 0 Å². The van der Waals surface area contributed by atoms with E-state index >= 15 is 0 Å². The summed E-state index contributed by atoms with van der Waals surface area (Å²) < 4.78 is 10.9. The molecule has 1 aromatic carbocycles. The number of likely N-dealkylation sites (N-methyl/N-ethyl adjacent to an activating group) is 1. The molecule has 1 N–H and O–H groups in total. The number of ether oxygens (including phenoxy) is 1. The second-order valence-electron chi connectivity index (χ2n) is 8.09. The number of carbonyl (C=O) groups is 3. The number of Topliss-reactive ketones (excluding diaryl/α,β-unsaturated/α-hetero) is 1. The lowest BCUT2D eigenvalue weighted by molar-refractivity contribution is -0.134. The van der Waals surface area contributed by atoms with Gasteiger partial charge in [-0.05, 0) is 32.0 Å². The standard InChI is InChI=1S/C24H25N3O5S/c1-14-4-6-17(7-5-14)32-11-9-27(3)23(30)16-12-19-21(20(28)13-16)33-24(25-19)26-22(29)18-8-10-31-15(18)2/h4-8,10,16H,9,11-13H2,1-3H3,(H,25,26,29)/t16-/m0/s1. The molecule has 0 saturated heterocycles. The van der Waals surface area contributed by atoms with Gasteiger partial charge in [0.1, 0.15) is 18.1 Å². The smallest absolute Gasteiger partial charge is 0.260 e. The van der Waals surface area contributed by atoms with Gasteiger partial charge < -0.3 is 14.1 Å². The minimum Gasteiger partial charge on any atom is -0.492 e. The van der Waals surface area contributed by atoms with E-state index < -0.39 is 5.92 Å². The van der Waals surface area contributed by atoms with E-state index in [9.17, 15) is 14.4 Å². The van der Waals surface area contributed by atoms with Gasteiger partial charge in [-0.2, -0.15) is 0 Å². The summed E-state index contributed by atoms with van der Waals surface area (Å²) in [6.45, 7) is 4.47. The summed E-state index contributed by atoms with van der Waals surface area (Å²) in [5.41, 5.74) is 2.12. The van der Waals surface area contributed by atoms with E-state index in [2.05, 4.69) is 10.3 Å². The maximum Gasteiger partial charge on any atom is 0.260 e. The number of hydrogen-bond acceptors (Lipinski definition) is 7. The predicted octanol–water partition coefficient (Wildman–Crippen LogP) is 3.89. The Kier molecular flexibility index (Phi) is 6.60. The van der Waals surface area contributed by atoms with Crippen molar-refractivity contribution >= 4 is 34.1 Å². The van der Waals surface area contributed by atoms with Gasteiger partial charge in [0.2, 0.25) is 5.91 Å². The minimum absolute atomic E-state index is 0.117. The first kappa shape index (κ1) is 22.7. The van der Waals surface area contributed by atoms with Gasteiger partial charge >= 0.3 is 0 Å². The van der Waals surface area contributed by atoms with Crippen molar-refractivity contribution in [3.63, 3.8) is 0 Å². The molecule has 0 spiro atoms. The third-order valence-corrected chi connectivity index (χ3v) is 6.64. The van der Waals surface area contributed by atoms with Crippen LogP contribution in [0, 0.1) is 19.8 Å². The second kappa shape index (κ2) is 9.58. The van der Waals surface area contributed by atoms with Crippen molar-refractivity contribution in [3.05, 3.63) is 64.1 Å². The summed E-state index contributed by atoms with van der Waals surface area (Å²) in [6.07, 6.45) is 1.94. The molecule has 0 radical (unpaired) electrons. The molecule has 1 atom stereocenters. The number of benzene rings is 1. The van der Waals surface area contributed by atoms with E-state index in [0.717, 1.165) is 22.6 Å². The Morgan fingerprint density at radius 1 is 1.21 bits per heavy atom. The third-order valence-electron chi connectivity index (χ3n) is 5.59. The summed E-state index contributed by atoms with van der Waals surface area (Å²) in [6, 6.07) is 9.30. The molecular weight excluding hydrogens is 442 g/mol. The number of hydrogen-bond donors (Lipinski definition) is 1. The Morgan fingerprint density at radius 3 is 2.67 bits per heavy atom. The molecule has 9 heteroatoms. The molecule has 1 aliphatic carbocycles. The Bertz CT molecular complexity index is 1180. The SMILES string of the molecule is Cc1ccc(OCCN(C)C(=O)[C@@H]2CC(=O)c3sc(NC(=O)c4ccoc4C)nc3C2)cc1. The zero-order valence-electron chi connectivity index (χ0n) is 18.7. The van der Waals surface area contributed by atoms with Crippen molar-refractivity contribution in [1.29, 1.82) is 0 Å². The normalized spacial score (nSPS) is 15.1. The fraction of sp³-hybridized carbons (Fsp3) is 0.333. The molecule has 4 rings (SSSR count). The molecule has 0 unspecified atom stereocenters. The van der Waals surface area contributed by atoms with Gasteiger partial charge in [-0.3, -0.25) is 19.7 Å². The maximum absolute atomic E-state index is 12.9. The number of nitrogens with one attached hydrogen (secondary N) is 1. The van der Waals surface area contributed by atoms with Crippen LogP contribution in [0.4, 0.5) is 5.13 Å². The van der Waals surface area contributed by atoms with Gasteiger partial charge in [0.05, 0.1) is 34.9 Å². The van der Waals surface area contributed by atoms with Crippen molar-refractivity contribution in [3.8, 4) is 5.75 Å². The lowest BCUT2D eigenvalue weighted by atomic mass is 9.89. The van der Waals surface area contributed by atoms with Crippen LogP contribution < -0.4 is 10.1 Å². The quantitative estimate of drug-likeness (QED) is 0.566. The molecular formula is C24H25N3O5S. The van der Waals surface area contributed by atoms with Crippen LogP contribution in [0.5, 0.6) is 5.75 Å². The number of carbonyl (C=O) groups excluding carboxylic acids is 3. The van der Waals surface area contributed by atoms with Crippen LogP contribution in [-0.2, 0) is 11.2 Å². The summed E-state index contributed by atoms with van der Waals surface area (Å²) in [7, 11) is 1.71. The van der Waals surface area contributed by atoms with Crippen molar-refractivity contribution in [1.82, 2.24) is 9.88 Å². The number of thiazole rings is 1. The van der Waals surface area contributed by atoms with Gasteiger partial charge in [-0.15, -0.1) is 0 Å². The Labute approximate surface area is 195 Å². The summed E-state index contributed by atoms with van der Waals surface area (Å²) in [5, 5.41) is 3.06. The molecule has 8 nitrogen and oxygen atoms in total. The number of aryl methyl sites for hydroxylation is 2. The van der Waals surface area contributed by atoms with Gasteiger partial charge in [-0.1, -0.05) is 29.0 Å². The highest BCUT2D eigenvalue weighted by molar-refractivity contribution is 7.17. The van der Waals surface area contributed by atoms with E-state index in [1.54, 1.807) is 24.9 Å². The maximum atomic E-state index is 12.9. The number of nitrogens with zero attached hydrogens (tertiary/aromatic N) is 2. The lowest BCUT2D eigenvalue weighted by Gasteiger charge is -2.25. The van der Waals surface area contributed by atoms with Crippen LogP contribution >= 0.6 is 11.3 Å². The zero-order valence-corrected chi connectivity index (χ0v) is 19.5. The molecule has 172 valence electrons. The number of amides is 2. The Balaban J connectivity index is 1.35. The first-order valence-electron chi connectivity index (χ1n) is 10.6. The average Bonchev–Trinajstić information content (AvgIpc) is 3.40. The van der Waals surface area contributed by atoms with Gasteiger partial charge in [0, 0.05) is 19.9 Å². The van der Waals surface area contributed by atoms with E-state index in [1.165, 1.54) is 6.26 Å². The fourth-order valence-electron chi connectivity index (χ4n) is 3.70. The molecule has 0 fully saturated rings. The largest absolute Gasteiger partial charge is 0.492 e. The van der Waals surface area contributed by atoms with Gasteiger partial charge in [0.15, 0.2) is 10.9 Å². The number of ketones is 1.